The summed E-state index contributed by atoms with van der Waals surface area (Å²) in [5.74, 6) is 5.07. The van der Waals surface area contributed by atoms with Gasteiger partial charge in [0.25, 0.3) is 0 Å². The van der Waals surface area contributed by atoms with Crippen molar-refractivity contribution in [1.29, 1.82) is 0 Å². The van der Waals surface area contributed by atoms with Gasteiger partial charge in [-0.3, -0.25) is 28.8 Å². The molecule has 12 rings (SSSR count). The number of aromatic hydroxyl groups is 2. The molecule has 0 saturated carbocycles. The van der Waals surface area contributed by atoms with Gasteiger partial charge in [0.2, 0.25) is 23.6 Å². The van der Waals surface area contributed by atoms with Crippen LogP contribution in [0.5, 0.6) is 69.0 Å². The molecular formula is C86H91Br4Cl4N9O20. The Hall–Kier alpha value is -9.78. The van der Waals surface area contributed by atoms with Gasteiger partial charge >= 0.3 is 11.9 Å². The highest BCUT2D eigenvalue weighted by Gasteiger charge is 2.21. The molecule has 0 aromatic heterocycles. The van der Waals surface area contributed by atoms with Crippen molar-refractivity contribution in [2.24, 2.45) is 20.4 Å². The molecule has 0 bridgehead atoms. The minimum absolute atomic E-state index is 0.0706. The van der Waals surface area contributed by atoms with Crippen molar-refractivity contribution in [3.05, 3.63) is 206 Å². The smallest absolute Gasteiger partial charge is 0.308 e. The molecule has 0 radical (unpaired) electrons. The van der Waals surface area contributed by atoms with E-state index in [1.807, 2.05) is 62.4 Å². The molecule has 29 nitrogen and oxygen atoms in total. The molecule has 0 aliphatic carbocycles. The van der Waals surface area contributed by atoms with Crippen LogP contribution in [0.15, 0.2) is 184 Å². The van der Waals surface area contributed by atoms with Crippen molar-refractivity contribution < 1.29 is 96.6 Å². The molecule has 1 atom stereocenters. The van der Waals surface area contributed by atoms with Crippen molar-refractivity contribution in [2.75, 3.05) is 66.0 Å². The lowest BCUT2D eigenvalue weighted by Gasteiger charge is -2.16. The van der Waals surface area contributed by atoms with E-state index in [1.165, 1.54) is 32.0 Å². The summed E-state index contributed by atoms with van der Waals surface area (Å²) in [6.07, 6.45) is 6.01. The highest BCUT2D eigenvalue weighted by molar-refractivity contribution is 9.11. The maximum atomic E-state index is 11.2. The Balaban J connectivity index is 0.000000197. The standard InChI is InChI=1S/C25H31BrClN3O5.C21H20BrClN2O5.C19H18BrClN2O4.C13H15ClN2O3.C8H7BrO3/c1-16(2)28-14-18(31)15-35-19-5-8-23(20(26)13-19)33-10-3-11-34-24-7-4-17(12-21(24)27)22-6-9-25(32)30-29-22;1-13(26)30-15-4-7-19(16(22)12-15)28-9-2-10-29-20-6-3-14(11-17(20)23)18-5-8-21(27)25-24-18;20-14-11-13(24)3-6-17(14)26-8-1-9-27-18-5-2-12(10-15(18)21)16-4-7-19(25)23-22-16;14-10-8-9(11-3-5-13(18)16-15-11)2-4-12(10)19-7-1-6-17;1-5(10)12-6-2-3-8(11)7(9)4-6/h4-5,7-8,12-13,16,18,28,31H,3,6,9-11,14-15H2,1-2H3,(H,30,32);3-4,6-7,11-12H,2,5,8-10H2,1H3,(H,25,27);2-3,5-6,10-11,24H,1,4,7-9H2,(H,23,25);2,4,8,17H,1,3,5-7H2,(H,16,18);2-4,11H,1H3/t18-;;;;/m0..../s1. The van der Waals surface area contributed by atoms with Gasteiger partial charge < -0.3 is 73.1 Å². The number of benzene rings is 8. The summed E-state index contributed by atoms with van der Waals surface area (Å²) in [6.45, 7) is 10.6. The number of hydrogen-bond donors (Lipinski definition) is 9. The molecule has 4 aliphatic rings. The highest BCUT2D eigenvalue weighted by Crippen LogP contribution is 2.36. The van der Waals surface area contributed by atoms with Crippen LogP contribution in [0.3, 0.4) is 0 Å². The number of carbonyl (C=O) groups is 6. The zero-order valence-electron chi connectivity index (χ0n) is 67.2. The lowest BCUT2D eigenvalue weighted by atomic mass is 10.0. The van der Waals surface area contributed by atoms with Crippen molar-refractivity contribution in [2.45, 2.75) is 117 Å². The number of ether oxygens (including phenoxy) is 10. The lowest BCUT2D eigenvalue weighted by Crippen LogP contribution is -2.35. The number of phenolic OH excluding ortho intramolecular Hbond substituents is 2. The summed E-state index contributed by atoms with van der Waals surface area (Å²) in [6, 6.07) is 42.0. The van der Waals surface area contributed by atoms with Crippen LogP contribution in [0.1, 0.15) is 127 Å². The maximum Gasteiger partial charge on any atom is 0.308 e. The number of nitrogens with zero attached hydrogens (tertiary/aromatic N) is 4. The van der Waals surface area contributed by atoms with Gasteiger partial charge in [0.15, 0.2) is 0 Å². The van der Waals surface area contributed by atoms with Gasteiger partial charge in [-0.25, -0.2) is 21.7 Å². The van der Waals surface area contributed by atoms with E-state index in [1.54, 1.807) is 78.9 Å². The van der Waals surface area contributed by atoms with E-state index >= 15 is 0 Å². The van der Waals surface area contributed by atoms with Gasteiger partial charge in [-0.2, -0.15) is 20.4 Å². The number of hydrazone groups is 4. The van der Waals surface area contributed by atoms with E-state index in [-0.39, 0.29) is 60.3 Å². The number of carbonyl (C=O) groups excluding carboxylic acids is 6. The predicted octanol–water partition coefficient (Wildman–Crippen LogP) is 16.9. The molecule has 4 heterocycles. The SMILES string of the molecule is CC(=O)Oc1ccc(O)c(Br)c1.CC(=O)Oc1ccc(OCCCOc2ccc(C3=NNC(=O)CC3)cc2Cl)c(Br)c1.CC(C)NC[C@H](O)COc1ccc(OCCCOc2ccc(C3=NNC(=O)CC3)cc2Cl)c(Br)c1.O=C1CCC(c2ccc(OCCCO)c(Cl)c2)=NN1.O=C1CCC(c2ccc(OCCCOc3ccc(O)cc3Br)c(Cl)c2)=NN1. The van der Waals surface area contributed by atoms with Crippen LogP contribution < -0.4 is 74.4 Å². The first kappa shape index (κ1) is 98.7. The number of rotatable bonds is 34. The summed E-state index contributed by atoms with van der Waals surface area (Å²) < 4.78 is 58.0. The second-order valence-electron chi connectivity index (χ2n) is 27.2. The number of nitrogens with one attached hydrogen (secondary N) is 5. The summed E-state index contributed by atoms with van der Waals surface area (Å²) in [5.41, 5.74) is 16.6. The molecule has 0 saturated heterocycles. The fourth-order valence-corrected chi connectivity index (χ4v) is 13.6. The zero-order valence-corrected chi connectivity index (χ0v) is 76.6. The van der Waals surface area contributed by atoms with Gasteiger partial charge in [-0.1, -0.05) is 60.3 Å². The van der Waals surface area contributed by atoms with Gasteiger partial charge in [0, 0.05) is 110 Å². The Morgan fingerprint density at radius 3 is 1.00 bits per heavy atom. The normalized spacial score (nSPS) is 13.6. The van der Waals surface area contributed by atoms with Crippen LogP contribution in [0.2, 0.25) is 20.1 Å². The average molecular weight is 2030 g/mol. The van der Waals surface area contributed by atoms with Crippen molar-refractivity contribution >= 4 is 169 Å². The molecule has 0 unspecified atom stereocenters. The van der Waals surface area contributed by atoms with E-state index in [2.05, 4.69) is 111 Å². The van der Waals surface area contributed by atoms with Gasteiger partial charge in [-0.05, 0) is 232 Å². The van der Waals surface area contributed by atoms with E-state index in [9.17, 15) is 39.0 Å². The minimum atomic E-state index is -0.583. The number of amides is 4. The molecule has 8 aromatic carbocycles. The molecule has 4 aliphatic heterocycles. The Labute approximate surface area is 764 Å². The Morgan fingerprint density at radius 1 is 0.398 bits per heavy atom. The average Bonchev–Trinajstić information content (AvgIpc) is 0.847. The molecule has 37 heteroatoms. The molecule has 656 valence electrons. The largest absolute Gasteiger partial charge is 0.508 e. The lowest BCUT2D eigenvalue weighted by molar-refractivity contribution is -0.132. The van der Waals surface area contributed by atoms with Crippen LogP contribution in [-0.4, -0.2) is 157 Å². The maximum absolute atomic E-state index is 11.2. The first-order valence-corrected chi connectivity index (χ1v) is 43.3. The van der Waals surface area contributed by atoms with Crippen LogP contribution in [-0.2, 0) is 28.8 Å². The number of aliphatic hydroxyl groups excluding tert-OH is 2. The molecule has 0 fully saturated rings. The van der Waals surface area contributed by atoms with E-state index in [4.69, 9.17) is 104 Å². The first-order valence-electron chi connectivity index (χ1n) is 38.7. The summed E-state index contributed by atoms with van der Waals surface area (Å²) in [4.78, 5) is 66.1. The second kappa shape index (κ2) is 52.1. The zero-order chi connectivity index (χ0) is 88.7. The third-order valence-electron chi connectivity index (χ3n) is 17.0. The summed E-state index contributed by atoms with van der Waals surface area (Å²) >= 11 is 38.4. The second-order valence-corrected chi connectivity index (χ2v) is 32.2. The number of phenols is 2. The Kier molecular flexibility index (Phi) is 41.8. The summed E-state index contributed by atoms with van der Waals surface area (Å²) in [7, 11) is 0. The van der Waals surface area contributed by atoms with Crippen molar-refractivity contribution in [3.8, 4) is 69.0 Å². The quantitative estimate of drug-likeness (QED) is 0.0103. The molecule has 0 spiro atoms. The first-order chi connectivity index (χ1) is 59.1. The van der Waals surface area contributed by atoms with Gasteiger partial charge in [0.1, 0.15) is 81.7 Å². The van der Waals surface area contributed by atoms with E-state index in [0.29, 0.717) is 227 Å². The van der Waals surface area contributed by atoms with Crippen LogP contribution in [0, 0.1) is 0 Å². The number of halogens is 8. The fraction of sp³-hybridized carbons (Fsp3) is 0.326. The van der Waals surface area contributed by atoms with Gasteiger partial charge in [0.05, 0.1) is 107 Å². The van der Waals surface area contributed by atoms with Crippen LogP contribution >= 0.6 is 110 Å². The topological polar surface area (TPSA) is 385 Å². The number of hydrogen-bond acceptors (Lipinski definition) is 25. The highest BCUT2D eigenvalue weighted by atomic mass is 79.9. The molecule has 4 amide bonds. The number of esters is 2. The van der Waals surface area contributed by atoms with Crippen molar-refractivity contribution in [1.82, 2.24) is 27.0 Å². The molecule has 123 heavy (non-hydrogen) atoms. The van der Waals surface area contributed by atoms with Crippen LogP contribution in [0.4, 0.5) is 0 Å². The van der Waals surface area contributed by atoms with E-state index in [0.717, 1.165) is 49.6 Å². The Bertz CT molecular complexity index is 5090. The predicted molar refractivity (Wildman–Crippen MR) is 483 cm³/mol. The Morgan fingerprint density at radius 2 is 0.699 bits per heavy atom. The molecule has 8 aromatic rings. The monoisotopic (exact) mass is 2030 g/mol. The minimum Gasteiger partial charge on any atom is -0.508 e. The number of aliphatic hydroxyl groups is 2. The molecular weight excluding hydrogens is 1940 g/mol. The third-order valence-corrected chi connectivity index (χ3v) is 20.7. The van der Waals surface area contributed by atoms with Crippen LogP contribution in [0.25, 0.3) is 0 Å². The summed E-state index contributed by atoms with van der Waals surface area (Å²) in [5, 5.41) is 58.5. The van der Waals surface area contributed by atoms with E-state index < -0.39 is 6.10 Å². The third kappa shape index (κ3) is 35.1. The molecule has 9 N–H and O–H groups in total. The van der Waals surface area contributed by atoms with Crippen molar-refractivity contribution in [3.63, 3.8) is 0 Å². The fourth-order valence-electron chi connectivity index (χ4n) is 10.9. The van der Waals surface area contributed by atoms with Gasteiger partial charge in [-0.15, -0.1) is 0 Å².